The molecule has 0 radical (unpaired) electrons. The fourth-order valence-corrected chi connectivity index (χ4v) is 1.24. The molecule has 0 saturated heterocycles. The molecule has 4 nitrogen and oxygen atoms in total. The van der Waals surface area contributed by atoms with Crippen LogP contribution in [0.25, 0.3) is 0 Å². The molecule has 0 heterocycles. The van der Waals surface area contributed by atoms with Crippen LogP contribution in [0, 0.1) is 0 Å². The lowest BCUT2D eigenvalue weighted by atomic mass is 10.1. The SMILES string of the molecule is CC(C)OC(=O)Nc1ccc(N)c(C(F)(F)F)c1. The average molecular weight is 262 g/mol. The number of rotatable bonds is 2. The number of hydrogen-bond donors (Lipinski definition) is 2. The molecule has 100 valence electrons. The fourth-order valence-electron chi connectivity index (χ4n) is 1.24. The average Bonchev–Trinajstić information content (AvgIpc) is 2.17. The molecule has 0 aliphatic heterocycles. The Balaban J connectivity index is 2.89. The van der Waals surface area contributed by atoms with E-state index in [2.05, 4.69) is 5.32 Å². The van der Waals surface area contributed by atoms with E-state index in [1.54, 1.807) is 13.8 Å². The molecule has 0 aromatic heterocycles. The van der Waals surface area contributed by atoms with E-state index in [9.17, 15) is 18.0 Å². The van der Waals surface area contributed by atoms with Crippen LogP contribution in [0.1, 0.15) is 19.4 Å². The number of carbonyl (C=O) groups excluding carboxylic acids is 1. The van der Waals surface area contributed by atoms with E-state index in [1.807, 2.05) is 0 Å². The molecule has 1 aromatic carbocycles. The maximum absolute atomic E-state index is 12.6. The van der Waals surface area contributed by atoms with Crippen molar-refractivity contribution in [1.82, 2.24) is 0 Å². The van der Waals surface area contributed by atoms with Crippen LogP contribution in [0.5, 0.6) is 0 Å². The van der Waals surface area contributed by atoms with E-state index in [-0.39, 0.29) is 11.8 Å². The van der Waals surface area contributed by atoms with Gasteiger partial charge in [0, 0.05) is 11.4 Å². The van der Waals surface area contributed by atoms with Gasteiger partial charge in [-0.25, -0.2) is 4.79 Å². The van der Waals surface area contributed by atoms with Crippen molar-refractivity contribution in [2.24, 2.45) is 0 Å². The van der Waals surface area contributed by atoms with Gasteiger partial charge in [-0.05, 0) is 32.0 Å². The van der Waals surface area contributed by atoms with Crippen molar-refractivity contribution in [2.75, 3.05) is 11.1 Å². The van der Waals surface area contributed by atoms with E-state index in [0.717, 1.165) is 12.1 Å². The first-order chi connectivity index (χ1) is 8.20. The number of nitrogens with one attached hydrogen (secondary N) is 1. The van der Waals surface area contributed by atoms with Crippen molar-refractivity contribution in [3.05, 3.63) is 23.8 Å². The lowest BCUT2D eigenvalue weighted by Gasteiger charge is -2.13. The van der Waals surface area contributed by atoms with Crippen LogP contribution in [0.3, 0.4) is 0 Å². The lowest BCUT2D eigenvalue weighted by Crippen LogP contribution is -2.18. The van der Waals surface area contributed by atoms with Gasteiger partial charge in [0.05, 0.1) is 11.7 Å². The highest BCUT2D eigenvalue weighted by Gasteiger charge is 2.33. The molecule has 18 heavy (non-hydrogen) atoms. The first-order valence-electron chi connectivity index (χ1n) is 5.14. The Kier molecular flexibility index (Phi) is 4.05. The standard InChI is InChI=1S/C11H13F3N2O2/c1-6(2)18-10(17)16-7-3-4-9(15)8(5-7)11(12,13)14/h3-6H,15H2,1-2H3,(H,16,17). The summed E-state index contributed by atoms with van der Waals surface area (Å²) in [5, 5.41) is 2.20. The Labute approximate surface area is 102 Å². The monoisotopic (exact) mass is 262 g/mol. The van der Waals surface area contributed by atoms with Crippen molar-refractivity contribution in [3.63, 3.8) is 0 Å². The third kappa shape index (κ3) is 3.83. The summed E-state index contributed by atoms with van der Waals surface area (Å²) in [6, 6.07) is 3.11. The van der Waals surface area contributed by atoms with Crippen LogP contribution >= 0.6 is 0 Å². The minimum atomic E-state index is -4.57. The smallest absolute Gasteiger partial charge is 0.418 e. The van der Waals surface area contributed by atoms with Crippen molar-refractivity contribution in [2.45, 2.75) is 26.1 Å². The van der Waals surface area contributed by atoms with Crippen molar-refractivity contribution in [1.29, 1.82) is 0 Å². The Hall–Kier alpha value is -1.92. The number of nitrogen functional groups attached to an aromatic ring is 1. The van der Waals surface area contributed by atoms with Crippen LogP contribution < -0.4 is 11.1 Å². The van der Waals surface area contributed by atoms with Gasteiger partial charge in [0.15, 0.2) is 0 Å². The second-order valence-electron chi connectivity index (χ2n) is 3.88. The molecule has 0 bridgehead atoms. The fraction of sp³-hybridized carbons (Fsp3) is 0.364. The summed E-state index contributed by atoms with van der Waals surface area (Å²) in [6.07, 6.45) is -5.74. The molecule has 0 atom stereocenters. The van der Waals surface area contributed by atoms with Gasteiger partial charge in [-0.1, -0.05) is 0 Å². The maximum atomic E-state index is 12.6. The molecular weight excluding hydrogens is 249 g/mol. The molecule has 0 spiro atoms. The van der Waals surface area contributed by atoms with Crippen LogP contribution in [0.2, 0.25) is 0 Å². The van der Waals surface area contributed by atoms with E-state index in [4.69, 9.17) is 10.5 Å². The highest BCUT2D eigenvalue weighted by Crippen LogP contribution is 2.35. The minimum Gasteiger partial charge on any atom is -0.447 e. The quantitative estimate of drug-likeness (QED) is 0.804. The first-order valence-corrected chi connectivity index (χ1v) is 5.14. The third-order valence-corrected chi connectivity index (χ3v) is 1.95. The number of anilines is 2. The first kappa shape index (κ1) is 14.1. The Morgan fingerprint density at radius 1 is 1.39 bits per heavy atom. The summed E-state index contributed by atoms with van der Waals surface area (Å²) >= 11 is 0. The second kappa shape index (κ2) is 5.16. The summed E-state index contributed by atoms with van der Waals surface area (Å²) < 4.78 is 42.4. The topological polar surface area (TPSA) is 64.3 Å². The molecule has 0 fully saturated rings. The Bertz CT molecular complexity index is 444. The zero-order valence-electron chi connectivity index (χ0n) is 9.84. The molecule has 3 N–H and O–H groups in total. The van der Waals surface area contributed by atoms with Gasteiger partial charge < -0.3 is 10.5 Å². The number of carbonyl (C=O) groups is 1. The van der Waals surface area contributed by atoms with Crippen LogP contribution in [0.4, 0.5) is 29.3 Å². The molecule has 1 amide bonds. The molecule has 1 rings (SSSR count). The number of ether oxygens (including phenoxy) is 1. The zero-order valence-corrected chi connectivity index (χ0v) is 9.84. The summed E-state index contributed by atoms with van der Waals surface area (Å²) in [4.78, 5) is 11.2. The predicted octanol–water partition coefficient (Wildman–Crippen LogP) is 3.24. The Morgan fingerprint density at radius 2 is 2.00 bits per heavy atom. The number of hydrogen-bond acceptors (Lipinski definition) is 3. The molecule has 0 aliphatic carbocycles. The van der Waals surface area contributed by atoms with Crippen molar-refractivity contribution < 1.29 is 22.7 Å². The van der Waals surface area contributed by atoms with Gasteiger partial charge in [-0.2, -0.15) is 13.2 Å². The molecule has 0 saturated carbocycles. The van der Waals surface area contributed by atoms with E-state index in [1.165, 1.54) is 6.07 Å². The van der Waals surface area contributed by atoms with Gasteiger partial charge in [0.2, 0.25) is 0 Å². The maximum Gasteiger partial charge on any atom is 0.418 e. The summed E-state index contributed by atoms with van der Waals surface area (Å²) in [6.45, 7) is 3.26. The lowest BCUT2D eigenvalue weighted by molar-refractivity contribution is -0.136. The molecule has 7 heteroatoms. The van der Waals surface area contributed by atoms with E-state index in [0.29, 0.717) is 0 Å². The number of nitrogens with two attached hydrogens (primary N) is 1. The minimum absolute atomic E-state index is 0.0258. The van der Waals surface area contributed by atoms with Crippen molar-refractivity contribution in [3.8, 4) is 0 Å². The molecular formula is C11H13F3N2O2. The van der Waals surface area contributed by atoms with Gasteiger partial charge in [0.25, 0.3) is 0 Å². The number of benzene rings is 1. The second-order valence-corrected chi connectivity index (χ2v) is 3.88. The van der Waals surface area contributed by atoms with Gasteiger partial charge in [-0.15, -0.1) is 0 Å². The zero-order chi connectivity index (χ0) is 13.9. The number of halogens is 3. The highest BCUT2D eigenvalue weighted by atomic mass is 19.4. The molecule has 1 aromatic rings. The van der Waals surface area contributed by atoms with Gasteiger partial charge >= 0.3 is 12.3 Å². The summed E-state index contributed by atoms with van der Waals surface area (Å²) in [7, 11) is 0. The Morgan fingerprint density at radius 3 is 2.50 bits per heavy atom. The molecule has 0 unspecified atom stereocenters. The van der Waals surface area contributed by atoms with Crippen LogP contribution in [-0.2, 0) is 10.9 Å². The van der Waals surface area contributed by atoms with Gasteiger partial charge in [-0.3, -0.25) is 5.32 Å². The normalized spacial score (nSPS) is 11.4. The summed E-state index contributed by atoms with van der Waals surface area (Å²) in [5.74, 6) is 0. The largest absolute Gasteiger partial charge is 0.447 e. The predicted molar refractivity (Wildman–Crippen MR) is 61.1 cm³/mol. The summed E-state index contributed by atoms with van der Waals surface area (Å²) in [5.41, 5.74) is 3.80. The number of amides is 1. The van der Waals surface area contributed by atoms with Crippen LogP contribution in [-0.4, -0.2) is 12.2 Å². The van der Waals surface area contributed by atoms with E-state index >= 15 is 0 Å². The highest BCUT2D eigenvalue weighted by molar-refractivity contribution is 5.85. The third-order valence-electron chi connectivity index (χ3n) is 1.95. The van der Waals surface area contributed by atoms with E-state index < -0.39 is 23.5 Å². The molecule has 0 aliphatic rings. The number of alkyl halides is 3. The van der Waals surface area contributed by atoms with Crippen molar-refractivity contribution >= 4 is 17.5 Å². The van der Waals surface area contributed by atoms with Crippen LogP contribution in [0.15, 0.2) is 18.2 Å². The van der Waals surface area contributed by atoms with Gasteiger partial charge in [0.1, 0.15) is 0 Å².